The minimum atomic E-state index is -1.79. The molecule has 0 bridgehead atoms. The van der Waals surface area contributed by atoms with E-state index < -0.39 is 18.9 Å². The molecule has 5 nitrogen and oxygen atoms in total. The largest absolute Gasteiger partial charge is 0.550 e. The van der Waals surface area contributed by atoms with E-state index in [0.29, 0.717) is 23.9 Å². The van der Waals surface area contributed by atoms with Gasteiger partial charge in [-0.1, -0.05) is 71.1 Å². The summed E-state index contributed by atoms with van der Waals surface area (Å²) < 4.78 is 27.3. The molecule has 162 valence electrons. The van der Waals surface area contributed by atoms with Gasteiger partial charge >= 0.3 is 5.97 Å². The first-order valence-corrected chi connectivity index (χ1v) is 10.1. The van der Waals surface area contributed by atoms with Crippen LogP contribution in [0.2, 0.25) is 0 Å². The quantitative estimate of drug-likeness (QED) is 0.207. The summed E-state index contributed by atoms with van der Waals surface area (Å²) in [5.41, 5.74) is 0. The van der Waals surface area contributed by atoms with E-state index in [2.05, 4.69) is 0 Å². The number of aliphatic carboxylic acids is 1. The molecule has 0 aliphatic heterocycles. The summed E-state index contributed by atoms with van der Waals surface area (Å²) in [6.07, 6.45) is 10.0. The summed E-state index contributed by atoms with van der Waals surface area (Å²) >= 11 is 0. The first-order valence-electron chi connectivity index (χ1n) is 11.6. The summed E-state index contributed by atoms with van der Waals surface area (Å²) in [7, 11) is 5.77. The molecule has 0 amide bonds. The zero-order chi connectivity index (χ0) is 22.3. The molecule has 0 radical (unpaired) electrons. The van der Waals surface area contributed by atoms with Crippen LogP contribution in [0.5, 0.6) is 0 Å². The molecule has 27 heavy (non-hydrogen) atoms. The number of hydrogen-bond donors (Lipinski definition) is 0. The third-order valence-corrected chi connectivity index (χ3v) is 4.25. The molecule has 0 saturated carbocycles. The van der Waals surface area contributed by atoms with Crippen LogP contribution in [0.4, 0.5) is 0 Å². The Balaban J connectivity index is 0. The molecule has 0 saturated heterocycles. The standard InChI is InChI=1S/C21H41NO4.ClH/c1-5-6-7-8-9-10-11-12-13-14-15-16-21(25)26-19(17-20(23)24)18-22(2,3)4;/h19H,5-18H2,1-4H3;1H/t19-;/m1./s1/i1D3;. The molecule has 0 aliphatic carbocycles. The van der Waals surface area contributed by atoms with Crippen molar-refractivity contribution in [1.29, 1.82) is 0 Å². The molecule has 0 rings (SSSR count). The maximum Gasteiger partial charge on any atom is 0.306 e. The van der Waals surface area contributed by atoms with E-state index in [1.165, 1.54) is 12.8 Å². The number of carboxylic acids is 1. The Kier molecular flexibility index (Phi) is 14.4. The van der Waals surface area contributed by atoms with Crippen molar-refractivity contribution < 1.29 is 28.0 Å². The monoisotopic (exact) mass is 410 g/mol. The van der Waals surface area contributed by atoms with Gasteiger partial charge in [-0.05, 0) is 6.42 Å². The first-order chi connectivity index (χ1) is 13.4. The van der Waals surface area contributed by atoms with Gasteiger partial charge in [0.2, 0.25) is 0 Å². The number of ether oxygens (including phenoxy) is 1. The lowest BCUT2D eigenvalue weighted by Crippen LogP contribution is -2.45. The fraction of sp³-hybridized carbons (Fsp3) is 0.905. The van der Waals surface area contributed by atoms with Gasteiger partial charge in [-0.3, -0.25) is 4.79 Å². The Morgan fingerprint density at radius 3 is 1.85 bits per heavy atom. The van der Waals surface area contributed by atoms with Gasteiger partial charge in [0.1, 0.15) is 6.54 Å². The molecule has 0 spiro atoms. The zero-order valence-electron chi connectivity index (χ0n) is 20.5. The molecular weight excluding hydrogens is 366 g/mol. The minimum Gasteiger partial charge on any atom is -0.550 e. The first kappa shape index (κ1) is 22.5. The number of hydrogen-bond acceptors (Lipinski definition) is 4. The smallest absolute Gasteiger partial charge is 0.306 e. The summed E-state index contributed by atoms with van der Waals surface area (Å²) in [5, 5.41) is 10.8. The van der Waals surface area contributed by atoms with Crippen molar-refractivity contribution in [3.05, 3.63) is 0 Å². The van der Waals surface area contributed by atoms with Gasteiger partial charge in [0.25, 0.3) is 0 Å². The lowest BCUT2D eigenvalue weighted by Gasteiger charge is -2.29. The highest BCUT2D eigenvalue weighted by Gasteiger charge is 2.22. The van der Waals surface area contributed by atoms with Gasteiger partial charge in [-0.15, -0.1) is 12.4 Å². The average Bonchev–Trinajstić information content (AvgIpc) is 2.52. The fourth-order valence-corrected chi connectivity index (χ4v) is 2.99. The van der Waals surface area contributed by atoms with Crippen LogP contribution in [0.15, 0.2) is 0 Å². The van der Waals surface area contributed by atoms with Gasteiger partial charge < -0.3 is 19.1 Å². The molecule has 0 aliphatic rings. The van der Waals surface area contributed by atoms with Crippen LogP contribution in [0.25, 0.3) is 0 Å². The van der Waals surface area contributed by atoms with E-state index in [9.17, 15) is 14.7 Å². The second-order valence-electron chi connectivity index (χ2n) is 8.20. The van der Waals surface area contributed by atoms with E-state index in [1.54, 1.807) is 0 Å². The van der Waals surface area contributed by atoms with E-state index in [0.717, 1.165) is 51.4 Å². The number of quaternary nitrogens is 1. The minimum absolute atomic E-state index is 0. The molecule has 0 aromatic rings. The number of halogens is 1. The van der Waals surface area contributed by atoms with Gasteiger partial charge in [0.05, 0.1) is 21.1 Å². The lowest BCUT2D eigenvalue weighted by molar-refractivity contribution is -0.873. The molecule has 6 heteroatoms. The van der Waals surface area contributed by atoms with Crippen molar-refractivity contribution in [2.24, 2.45) is 0 Å². The van der Waals surface area contributed by atoms with E-state index >= 15 is 0 Å². The molecular formula is C21H42ClNO4. The number of carboxylic acid groups (broad SMARTS) is 1. The lowest BCUT2D eigenvalue weighted by atomic mass is 10.1. The maximum absolute atomic E-state index is 12.0. The molecule has 0 fully saturated rings. The molecule has 0 N–H and O–H groups in total. The van der Waals surface area contributed by atoms with Crippen molar-refractivity contribution in [1.82, 2.24) is 0 Å². The van der Waals surface area contributed by atoms with Crippen LogP contribution in [-0.2, 0) is 14.3 Å². The number of carbonyl (C=O) groups is 2. The van der Waals surface area contributed by atoms with Gasteiger partial charge in [-0.25, -0.2) is 0 Å². The molecule has 0 aromatic heterocycles. The van der Waals surface area contributed by atoms with Crippen molar-refractivity contribution in [2.45, 2.75) is 96.4 Å². The highest BCUT2D eigenvalue weighted by atomic mass is 35.5. The predicted molar refractivity (Wildman–Crippen MR) is 111 cm³/mol. The van der Waals surface area contributed by atoms with Crippen LogP contribution >= 0.6 is 12.4 Å². The number of rotatable bonds is 17. The van der Waals surface area contributed by atoms with E-state index in [-0.39, 0.29) is 24.8 Å². The maximum atomic E-state index is 12.0. The van der Waals surface area contributed by atoms with Crippen LogP contribution < -0.4 is 5.11 Å². The Morgan fingerprint density at radius 2 is 1.41 bits per heavy atom. The molecule has 0 heterocycles. The Bertz CT molecular complexity index is 468. The zero-order valence-corrected chi connectivity index (χ0v) is 18.3. The normalized spacial score (nSPS) is 14.4. The molecule has 1 atom stereocenters. The highest BCUT2D eigenvalue weighted by molar-refractivity contribution is 5.85. The second kappa shape index (κ2) is 17.3. The summed E-state index contributed by atoms with van der Waals surface area (Å²) in [6, 6.07) is 0. The number of likely N-dealkylation sites (N-methyl/N-ethyl adjacent to an activating group) is 1. The fourth-order valence-electron chi connectivity index (χ4n) is 2.99. The van der Waals surface area contributed by atoms with Crippen LogP contribution in [-0.4, -0.2) is 50.2 Å². The SMILES string of the molecule is Cl.[2H]C([2H])([2H])CCCCCCCCCCCCC(=O)O[C@H](CC(=O)[O-])C[N+](C)(C)C. The van der Waals surface area contributed by atoms with Gasteiger partial charge in [0.15, 0.2) is 6.10 Å². The number of carbonyl (C=O) groups excluding carboxylic acids is 2. The molecule has 0 unspecified atom stereocenters. The molecule has 0 aromatic carbocycles. The number of esters is 1. The highest BCUT2D eigenvalue weighted by Crippen LogP contribution is 2.13. The van der Waals surface area contributed by atoms with Crippen LogP contribution in [0.3, 0.4) is 0 Å². The van der Waals surface area contributed by atoms with Gasteiger partial charge in [0, 0.05) is 22.9 Å². The second-order valence-corrected chi connectivity index (χ2v) is 8.20. The third-order valence-electron chi connectivity index (χ3n) is 4.25. The Morgan fingerprint density at radius 1 is 0.926 bits per heavy atom. The van der Waals surface area contributed by atoms with Crippen molar-refractivity contribution in [3.63, 3.8) is 0 Å². The van der Waals surface area contributed by atoms with Crippen molar-refractivity contribution >= 4 is 24.3 Å². The Hall–Kier alpha value is -0.810. The van der Waals surface area contributed by atoms with Crippen LogP contribution in [0, 0.1) is 0 Å². The summed E-state index contributed by atoms with van der Waals surface area (Å²) in [6.45, 7) is -1.34. The predicted octanol–water partition coefficient (Wildman–Crippen LogP) is 3.87. The summed E-state index contributed by atoms with van der Waals surface area (Å²) in [5.74, 6) is -1.53. The summed E-state index contributed by atoms with van der Waals surface area (Å²) in [4.78, 5) is 22.8. The Labute approximate surface area is 177 Å². The third kappa shape index (κ3) is 21.3. The van der Waals surface area contributed by atoms with Crippen LogP contribution in [0.1, 0.15) is 94.4 Å². The average molecular weight is 411 g/mol. The van der Waals surface area contributed by atoms with E-state index in [1.807, 2.05) is 21.1 Å². The van der Waals surface area contributed by atoms with E-state index in [4.69, 9.17) is 8.85 Å². The van der Waals surface area contributed by atoms with Gasteiger partial charge in [-0.2, -0.15) is 0 Å². The topological polar surface area (TPSA) is 66.4 Å². The van der Waals surface area contributed by atoms with Crippen molar-refractivity contribution in [3.8, 4) is 0 Å². The number of nitrogens with zero attached hydrogens (tertiary/aromatic N) is 1. The van der Waals surface area contributed by atoms with Crippen molar-refractivity contribution in [2.75, 3.05) is 27.7 Å². The number of unbranched alkanes of at least 4 members (excludes halogenated alkanes) is 9.